The highest BCUT2D eigenvalue weighted by atomic mass is 35.5. The highest BCUT2D eigenvalue weighted by Gasteiger charge is 2.15. The van der Waals surface area contributed by atoms with Crippen LogP contribution in [0.4, 0.5) is 0 Å². The molecule has 0 bridgehead atoms. The number of hydrogen-bond donors (Lipinski definition) is 1. The van der Waals surface area contributed by atoms with Crippen molar-refractivity contribution in [3.63, 3.8) is 0 Å². The third-order valence-electron chi connectivity index (χ3n) is 4.44. The molecule has 142 valence electrons. The van der Waals surface area contributed by atoms with Gasteiger partial charge in [-0.05, 0) is 35.7 Å². The standard InChI is InChI=1S/C20H17ClN4O2S/c1-2-12-7-8-14-13(10-18(26)27-17(14)9-12)11-28-20-24-23-19(25(20)22)15-5-3-4-6-16(15)21/h3-10H,2,11,22H2,1H3. The number of nitrogen functional groups attached to an aromatic ring is 1. The summed E-state index contributed by atoms with van der Waals surface area (Å²) in [5.41, 5.74) is 2.91. The molecule has 8 heteroatoms. The van der Waals surface area contributed by atoms with Gasteiger partial charge in [-0.1, -0.05) is 54.6 Å². The predicted octanol–water partition coefficient (Wildman–Crippen LogP) is 4.27. The molecule has 0 aliphatic rings. The van der Waals surface area contributed by atoms with Crippen LogP contribution in [-0.2, 0) is 12.2 Å². The number of rotatable bonds is 5. The van der Waals surface area contributed by atoms with E-state index in [1.54, 1.807) is 6.07 Å². The van der Waals surface area contributed by atoms with E-state index >= 15 is 0 Å². The van der Waals surface area contributed by atoms with E-state index in [4.69, 9.17) is 21.9 Å². The minimum atomic E-state index is -0.373. The molecule has 0 fully saturated rings. The number of hydrogen-bond acceptors (Lipinski definition) is 6. The molecule has 0 radical (unpaired) electrons. The van der Waals surface area contributed by atoms with Crippen molar-refractivity contribution in [2.75, 3.05) is 5.84 Å². The topological polar surface area (TPSA) is 86.9 Å². The Morgan fingerprint density at radius 1 is 1.18 bits per heavy atom. The fourth-order valence-electron chi connectivity index (χ4n) is 2.96. The quantitative estimate of drug-likeness (QED) is 0.299. The Morgan fingerprint density at radius 2 is 2.00 bits per heavy atom. The predicted molar refractivity (Wildman–Crippen MR) is 112 cm³/mol. The lowest BCUT2D eigenvalue weighted by Gasteiger charge is -2.07. The zero-order chi connectivity index (χ0) is 19.7. The van der Waals surface area contributed by atoms with E-state index in [1.165, 1.54) is 22.5 Å². The normalized spacial score (nSPS) is 11.2. The van der Waals surface area contributed by atoms with Gasteiger partial charge in [0.1, 0.15) is 5.58 Å². The Labute approximate surface area is 170 Å². The van der Waals surface area contributed by atoms with Crippen LogP contribution in [0.3, 0.4) is 0 Å². The van der Waals surface area contributed by atoms with Gasteiger partial charge in [0.05, 0.1) is 5.02 Å². The number of aryl methyl sites for hydroxylation is 1. The van der Waals surface area contributed by atoms with Crippen molar-refractivity contribution in [1.29, 1.82) is 0 Å². The summed E-state index contributed by atoms with van der Waals surface area (Å²) in [5.74, 6) is 7.17. The molecule has 28 heavy (non-hydrogen) atoms. The number of nitrogens with zero attached hydrogens (tertiary/aromatic N) is 3. The molecule has 0 spiro atoms. The number of benzene rings is 2. The van der Waals surface area contributed by atoms with Gasteiger partial charge in [-0.15, -0.1) is 10.2 Å². The van der Waals surface area contributed by atoms with Crippen LogP contribution < -0.4 is 11.5 Å². The third-order valence-corrected chi connectivity index (χ3v) is 5.76. The maximum Gasteiger partial charge on any atom is 0.336 e. The largest absolute Gasteiger partial charge is 0.423 e. The molecule has 0 saturated heterocycles. The van der Waals surface area contributed by atoms with E-state index in [0.717, 1.165) is 22.9 Å². The molecule has 0 atom stereocenters. The third kappa shape index (κ3) is 3.50. The first-order valence-corrected chi connectivity index (χ1v) is 10.1. The number of thioether (sulfide) groups is 1. The summed E-state index contributed by atoms with van der Waals surface area (Å²) in [7, 11) is 0. The molecule has 2 N–H and O–H groups in total. The van der Waals surface area contributed by atoms with Gasteiger partial charge in [0.2, 0.25) is 5.16 Å². The van der Waals surface area contributed by atoms with Gasteiger partial charge in [-0.3, -0.25) is 0 Å². The zero-order valence-corrected chi connectivity index (χ0v) is 16.6. The number of fused-ring (bicyclic) bond motifs is 1. The molecular formula is C20H17ClN4O2S. The van der Waals surface area contributed by atoms with E-state index in [-0.39, 0.29) is 5.63 Å². The summed E-state index contributed by atoms with van der Waals surface area (Å²) in [6.45, 7) is 2.06. The maximum absolute atomic E-state index is 12.0. The van der Waals surface area contributed by atoms with Crippen LogP contribution in [0.1, 0.15) is 18.1 Å². The molecule has 4 aromatic rings. The highest BCUT2D eigenvalue weighted by molar-refractivity contribution is 7.98. The van der Waals surface area contributed by atoms with Crippen molar-refractivity contribution in [2.45, 2.75) is 24.3 Å². The summed E-state index contributed by atoms with van der Waals surface area (Å²) in [6, 6.07) is 14.8. The summed E-state index contributed by atoms with van der Waals surface area (Å²) in [6.07, 6.45) is 0.875. The van der Waals surface area contributed by atoms with Crippen LogP contribution in [0.15, 0.2) is 62.9 Å². The first-order valence-electron chi connectivity index (χ1n) is 8.70. The van der Waals surface area contributed by atoms with Crippen molar-refractivity contribution >= 4 is 34.3 Å². The molecule has 0 aliphatic heterocycles. The second-order valence-corrected chi connectivity index (χ2v) is 7.57. The first kappa shape index (κ1) is 18.6. The van der Waals surface area contributed by atoms with Gasteiger partial charge in [-0.2, -0.15) is 0 Å². The summed E-state index contributed by atoms with van der Waals surface area (Å²) in [5, 5.41) is 10.3. The molecule has 2 aromatic heterocycles. The molecule has 0 amide bonds. The van der Waals surface area contributed by atoms with Gasteiger partial charge in [0.25, 0.3) is 0 Å². The number of nitrogens with two attached hydrogens (primary N) is 1. The fraction of sp³-hybridized carbons (Fsp3) is 0.150. The fourth-order valence-corrected chi connectivity index (χ4v) is 4.03. The van der Waals surface area contributed by atoms with Gasteiger partial charge < -0.3 is 10.3 Å². The van der Waals surface area contributed by atoms with E-state index < -0.39 is 0 Å². The molecular weight excluding hydrogens is 396 g/mol. The molecule has 0 aliphatic carbocycles. The van der Waals surface area contributed by atoms with E-state index in [9.17, 15) is 4.79 Å². The Kier molecular flexibility index (Phi) is 5.11. The zero-order valence-electron chi connectivity index (χ0n) is 15.1. The van der Waals surface area contributed by atoms with E-state index in [0.29, 0.717) is 32.9 Å². The monoisotopic (exact) mass is 412 g/mol. The lowest BCUT2D eigenvalue weighted by Crippen LogP contribution is -2.11. The summed E-state index contributed by atoms with van der Waals surface area (Å²) in [4.78, 5) is 12.0. The summed E-state index contributed by atoms with van der Waals surface area (Å²) < 4.78 is 6.77. The lowest BCUT2D eigenvalue weighted by molar-refractivity contribution is 0.559. The van der Waals surface area contributed by atoms with Crippen molar-refractivity contribution < 1.29 is 4.42 Å². The Bertz CT molecular complexity index is 1220. The molecule has 4 rings (SSSR count). The van der Waals surface area contributed by atoms with Crippen LogP contribution in [0, 0.1) is 0 Å². The summed E-state index contributed by atoms with van der Waals surface area (Å²) >= 11 is 7.63. The molecule has 2 aromatic carbocycles. The smallest absolute Gasteiger partial charge is 0.336 e. The lowest BCUT2D eigenvalue weighted by atomic mass is 10.1. The minimum absolute atomic E-state index is 0.373. The Hall–Kier alpha value is -2.77. The maximum atomic E-state index is 12.0. The van der Waals surface area contributed by atoms with Gasteiger partial charge >= 0.3 is 5.63 Å². The first-order chi connectivity index (χ1) is 13.6. The number of halogens is 1. The van der Waals surface area contributed by atoms with Crippen LogP contribution in [0.2, 0.25) is 5.02 Å². The highest BCUT2D eigenvalue weighted by Crippen LogP contribution is 2.30. The molecule has 0 saturated carbocycles. The Morgan fingerprint density at radius 3 is 2.79 bits per heavy atom. The SMILES string of the molecule is CCc1ccc2c(CSc3nnc(-c4ccccc4Cl)n3N)cc(=O)oc2c1. The molecule has 2 heterocycles. The van der Waals surface area contributed by atoms with Crippen molar-refractivity contribution in [3.05, 3.63) is 75.1 Å². The second kappa shape index (κ2) is 7.69. The number of aromatic nitrogens is 3. The Balaban J connectivity index is 1.64. The van der Waals surface area contributed by atoms with Crippen LogP contribution >= 0.6 is 23.4 Å². The van der Waals surface area contributed by atoms with Crippen LogP contribution in [0.25, 0.3) is 22.4 Å². The van der Waals surface area contributed by atoms with Crippen LogP contribution in [-0.4, -0.2) is 14.9 Å². The average Bonchev–Trinajstić information content (AvgIpc) is 3.06. The van der Waals surface area contributed by atoms with E-state index in [2.05, 4.69) is 17.1 Å². The van der Waals surface area contributed by atoms with Crippen LogP contribution in [0.5, 0.6) is 0 Å². The minimum Gasteiger partial charge on any atom is -0.423 e. The van der Waals surface area contributed by atoms with Gasteiger partial charge in [-0.25, -0.2) is 9.47 Å². The van der Waals surface area contributed by atoms with Crippen molar-refractivity contribution in [3.8, 4) is 11.4 Å². The second-order valence-electron chi connectivity index (χ2n) is 6.22. The molecule has 0 unspecified atom stereocenters. The van der Waals surface area contributed by atoms with Gasteiger partial charge in [0.15, 0.2) is 5.82 Å². The van der Waals surface area contributed by atoms with Crippen molar-refractivity contribution in [2.24, 2.45) is 0 Å². The van der Waals surface area contributed by atoms with E-state index in [1.807, 2.05) is 36.4 Å². The van der Waals surface area contributed by atoms with Gasteiger partial charge in [0, 0.05) is 22.8 Å². The molecule has 6 nitrogen and oxygen atoms in total. The average molecular weight is 413 g/mol. The van der Waals surface area contributed by atoms with Crippen molar-refractivity contribution in [1.82, 2.24) is 14.9 Å².